The number of hydrogen-bond donors (Lipinski definition) is 0. The number of hydrogen-bond acceptors (Lipinski definition) is 3. The summed E-state index contributed by atoms with van der Waals surface area (Å²) >= 11 is 14.6. The molecule has 0 amide bonds. The molecule has 3 nitrogen and oxygen atoms in total. The topological polar surface area (TPSA) is 43.4 Å². The number of halogens is 3. The standard InChI is InChI=1S/C7H5BrCl2O3S/c1-14(11,12)13-4-2-5(9)7(8)6(10)3-4/h2-3H,1H3. The van der Waals surface area contributed by atoms with Gasteiger partial charge in [0.05, 0.1) is 20.8 Å². The molecule has 1 aromatic carbocycles. The van der Waals surface area contributed by atoms with E-state index in [0.29, 0.717) is 4.47 Å². The lowest BCUT2D eigenvalue weighted by molar-refractivity contribution is 0.493. The third-order valence-corrected chi connectivity index (χ3v) is 3.61. The van der Waals surface area contributed by atoms with Gasteiger partial charge in [-0.2, -0.15) is 8.42 Å². The summed E-state index contributed by atoms with van der Waals surface area (Å²) in [6.07, 6.45) is 0.941. The van der Waals surface area contributed by atoms with Crippen LogP contribution in [0.4, 0.5) is 0 Å². The zero-order valence-electron chi connectivity index (χ0n) is 6.92. The molecule has 0 unspecified atom stereocenters. The second-order valence-electron chi connectivity index (χ2n) is 2.49. The Bertz CT molecular complexity index is 435. The van der Waals surface area contributed by atoms with Crippen molar-refractivity contribution >= 4 is 49.2 Å². The quantitative estimate of drug-likeness (QED) is 0.621. The van der Waals surface area contributed by atoms with Crippen LogP contribution in [-0.2, 0) is 10.1 Å². The van der Waals surface area contributed by atoms with Gasteiger partial charge in [0.15, 0.2) is 0 Å². The smallest absolute Gasteiger partial charge is 0.306 e. The van der Waals surface area contributed by atoms with Crippen LogP contribution < -0.4 is 4.18 Å². The van der Waals surface area contributed by atoms with Crippen molar-refractivity contribution < 1.29 is 12.6 Å². The first kappa shape index (κ1) is 12.1. The van der Waals surface area contributed by atoms with Crippen LogP contribution in [0.1, 0.15) is 0 Å². The van der Waals surface area contributed by atoms with Crippen LogP contribution >= 0.6 is 39.1 Å². The fourth-order valence-corrected chi connectivity index (χ4v) is 1.90. The maximum absolute atomic E-state index is 10.8. The zero-order valence-corrected chi connectivity index (χ0v) is 10.8. The van der Waals surface area contributed by atoms with Gasteiger partial charge in [0.25, 0.3) is 0 Å². The van der Waals surface area contributed by atoms with E-state index >= 15 is 0 Å². The second kappa shape index (κ2) is 4.26. The lowest BCUT2D eigenvalue weighted by atomic mass is 10.3. The minimum atomic E-state index is -3.56. The molecule has 0 spiro atoms. The summed E-state index contributed by atoms with van der Waals surface area (Å²) in [6.45, 7) is 0. The van der Waals surface area contributed by atoms with Gasteiger partial charge in [0, 0.05) is 12.1 Å². The van der Waals surface area contributed by atoms with Crippen molar-refractivity contribution in [2.45, 2.75) is 0 Å². The number of benzene rings is 1. The van der Waals surface area contributed by atoms with E-state index in [4.69, 9.17) is 23.2 Å². The molecule has 0 saturated heterocycles. The molecule has 0 fully saturated rings. The van der Waals surface area contributed by atoms with E-state index < -0.39 is 10.1 Å². The van der Waals surface area contributed by atoms with E-state index in [1.54, 1.807) is 0 Å². The lowest BCUT2D eigenvalue weighted by Crippen LogP contribution is -2.05. The van der Waals surface area contributed by atoms with Gasteiger partial charge in [-0.15, -0.1) is 0 Å². The van der Waals surface area contributed by atoms with E-state index in [2.05, 4.69) is 20.1 Å². The van der Waals surface area contributed by atoms with Crippen molar-refractivity contribution in [3.63, 3.8) is 0 Å². The first-order valence-corrected chi connectivity index (χ1v) is 6.70. The Balaban J connectivity index is 3.14. The Morgan fingerprint density at radius 2 is 1.71 bits per heavy atom. The van der Waals surface area contributed by atoms with Gasteiger partial charge in [-0.05, 0) is 15.9 Å². The summed E-state index contributed by atoms with van der Waals surface area (Å²) in [5, 5.41) is 0.576. The van der Waals surface area contributed by atoms with Crippen LogP contribution in [0, 0.1) is 0 Å². The fourth-order valence-electron chi connectivity index (χ4n) is 0.755. The van der Waals surface area contributed by atoms with Gasteiger partial charge in [-0.25, -0.2) is 0 Å². The molecule has 0 heterocycles. The first-order chi connectivity index (χ1) is 6.29. The Labute approximate surface area is 100 Å². The molecule has 1 aromatic rings. The maximum atomic E-state index is 10.8. The van der Waals surface area contributed by atoms with Crippen molar-refractivity contribution in [1.29, 1.82) is 0 Å². The van der Waals surface area contributed by atoms with Crippen molar-refractivity contribution in [2.24, 2.45) is 0 Å². The third kappa shape index (κ3) is 3.31. The van der Waals surface area contributed by atoms with Crippen molar-refractivity contribution in [3.8, 4) is 5.75 Å². The molecule has 0 radical (unpaired) electrons. The Morgan fingerprint density at radius 1 is 1.29 bits per heavy atom. The zero-order chi connectivity index (χ0) is 10.9. The van der Waals surface area contributed by atoms with Crippen molar-refractivity contribution in [2.75, 3.05) is 6.26 Å². The minimum Gasteiger partial charge on any atom is -0.382 e. The average molecular weight is 320 g/mol. The van der Waals surface area contributed by atoms with Crippen LogP contribution in [0.25, 0.3) is 0 Å². The molecular formula is C7H5BrCl2O3S. The largest absolute Gasteiger partial charge is 0.382 e. The Morgan fingerprint density at radius 3 is 2.07 bits per heavy atom. The Hall–Kier alpha value is 0.0300. The van der Waals surface area contributed by atoms with Crippen LogP contribution in [-0.4, -0.2) is 14.7 Å². The molecule has 0 bridgehead atoms. The van der Waals surface area contributed by atoms with Crippen LogP contribution in [0.5, 0.6) is 5.75 Å². The molecule has 0 aliphatic rings. The minimum absolute atomic E-state index is 0.0886. The van der Waals surface area contributed by atoms with Gasteiger partial charge < -0.3 is 4.18 Å². The third-order valence-electron chi connectivity index (χ3n) is 1.20. The van der Waals surface area contributed by atoms with Gasteiger partial charge in [-0.3, -0.25) is 0 Å². The summed E-state index contributed by atoms with van der Waals surface area (Å²) in [5.41, 5.74) is 0. The molecule has 0 saturated carbocycles. The van der Waals surface area contributed by atoms with Crippen LogP contribution in [0.3, 0.4) is 0 Å². The van der Waals surface area contributed by atoms with Gasteiger partial charge in [0.2, 0.25) is 0 Å². The molecule has 14 heavy (non-hydrogen) atoms. The summed E-state index contributed by atoms with van der Waals surface area (Å²) in [7, 11) is -3.56. The van der Waals surface area contributed by atoms with Gasteiger partial charge >= 0.3 is 10.1 Å². The van der Waals surface area contributed by atoms with Gasteiger partial charge in [-0.1, -0.05) is 23.2 Å². The summed E-state index contributed by atoms with van der Waals surface area (Å²) in [5.74, 6) is 0.0886. The summed E-state index contributed by atoms with van der Waals surface area (Å²) in [6, 6.07) is 2.72. The highest BCUT2D eigenvalue weighted by Gasteiger charge is 2.10. The van der Waals surface area contributed by atoms with Crippen molar-refractivity contribution in [3.05, 3.63) is 26.7 Å². The maximum Gasteiger partial charge on any atom is 0.306 e. The predicted molar refractivity (Wildman–Crippen MR) is 59.6 cm³/mol. The lowest BCUT2D eigenvalue weighted by Gasteiger charge is -2.05. The van der Waals surface area contributed by atoms with Gasteiger partial charge in [0.1, 0.15) is 5.75 Å². The van der Waals surface area contributed by atoms with E-state index in [-0.39, 0.29) is 15.8 Å². The molecule has 7 heteroatoms. The molecule has 0 aliphatic carbocycles. The molecule has 0 aliphatic heterocycles. The molecule has 0 aromatic heterocycles. The highest BCUT2D eigenvalue weighted by Crippen LogP contribution is 2.34. The molecular weight excluding hydrogens is 315 g/mol. The van der Waals surface area contributed by atoms with E-state index in [1.807, 2.05) is 0 Å². The van der Waals surface area contributed by atoms with Crippen LogP contribution in [0.2, 0.25) is 10.0 Å². The first-order valence-electron chi connectivity index (χ1n) is 3.33. The molecule has 0 atom stereocenters. The van der Waals surface area contributed by atoms with Crippen LogP contribution in [0.15, 0.2) is 16.6 Å². The highest BCUT2D eigenvalue weighted by molar-refractivity contribution is 9.10. The summed E-state index contributed by atoms with van der Waals surface area (Å²) in [4.78, 5) is 0. The molecule has 78 valence electrons. The molecule has 0 N–H and O–H groups in total. The monoisotopic (exact) mass is 318 g/mol. The number of rotatable bonds is 2. The second-order valence-corrected chi connectivity index (χ2v) is 5.67. The summed E-state index contributed by atoms with van der Waals surface area (Å²) < 4.78 is 26.7. The predicted octanol–water partition coefficient (Wildman–Crippen LogP) is 3.09. The highest BCUT2D eigenvalue weighted by atomic mass is 79.9. The molecule has 1 rings (SSSR count). The normalized spacial score (nSPS) is 11.4. The fraction of sp³-hybridized carbons (Fsp3) is 0.143. The van der Waals surface area contributed by atoms with Crippen molar-refractivity contribution in [1.82, 2.24) is 0 Å². The van der Waals surface area contributed by atoms with E-state index in [9.17, 15) is 8.42 Å². The average Bonchev–Trinajstić information content (AvgIpc) is 1.96. The van der Waals surface area contributed by atoms with E-state index in [1.165, 1.54) is 12.1 Å². The van der Waals surface area contributed by atoms with E-state index in [0.717, 1.165) is 6.26 Å². The SMILES string of the molecule is CS(=O)(=O)Oc1cc(Cl)c(Br)c(Cl)c1. The Kier molecular flexibility index (Phi) is 3.69.